The van der Waals surface area contributed by atoms with Crippen LogP contribution in [-0.2, 0) is 4.79 Å². The van der Waals surface area contributed by atoms with Crippen molar-refractivity contribution in [2.24, 2.45) is 4.99 Å². The summed E-state index contributed by atoms with van der Waals surface area (Å²) in [7, 11) is 1.69. The summed E-state index contributed by atoms with van der Waals surface area (Å²) < 4.78 is 0. The molecule has 1 amide bonds. The molecule has 6 nitrogen and oxygen atoms in total. The summed E-state index contributed by atoms with van der Waals surface area (Å²) in [6.07, 6.45) is 1.32. The molecule has 142 valence electrons. The first kappa shape index (κ1) is 23.6. The molecule has 0 aromatic heterocycles. The molecular weight excluding hydrogens is 431 g/mol. The van der Waals surface area contributed by atoms with Crippen molar-refractivity contribution in [2.45, 2.75) is 38.6 Å². The number of guanidine groups is 1. The predicted molar refractivity (Wildman–Crippen MR) is 114 cm³/mol. The fourth-order valence-electron chi connectivity index (χ4n) is 2.20. The first-order valence-corrected chi connectivity index (χ1v) is 8.50. The van der Waals surface area contributed by atoms with Gasteiger partial charge in [0.05, 0.1) is 6.61 Å². The molecular formula is C18H31IN4O2. The molecule has 0 aliphatic heterocycles. The van der Waals surface area contributed by atoms with Crippen molar-refractivity contribution in [3.05, 3.63) is 35.9 Å². The number of aliphatic imine (C=N–C) groups is 1. The molecule has 1 aromatic rings. The monoisotopic (exact) mass is 462 g/mol. The fraction of sp³-hybridized carbons (Fsp3) is 0.556. The van der Waals surface area contributed by atoms with Crippen LogP contribution in [0.15, 0.2) is 35.3 Å². The van der Waals surface area contributed by atoms with Crippen molar-refractivity contribution < 1.29 is 9.90 Å². The van der Waals surface area contributed by atoms with Crippen LogP contribution >= 0.6 is 24.0 Å². The number of carbonyl (C=O) groups excluding carboxylic acids is 1. The van der Waals surface area contributed by atoms with Gasteiger partial charge in [-0.1, -0.05) is 37.3 Å². The van der Waals surface area contributed by atoms with Crippen molar-refractivity contribution in [1.82, 2.24) is 16.0 Å². The normalized spacial score (nSPS) is 13.4. The lowest BCUT2D eigenvalue weighted by atomic mass is 10.0. The van der Waals surface area contributed by atoms with E-state index in [1.165, 1.54) is 0 Å². The lowest BCUT2D eigenvalue weighted by molar-refractivity contribution is -0.121. The third kappa shape index (κ3) is 9.64. The third-order valence-electron chi connectivity index (χ3n) is 3.90. The van der Waals surface area contributed by atoms with Gasteiger partial charge in [-0.3, -0.25) is 9.79 Å². The summed E-state index contributed by atoms with van der Waals surface area (Å²) in [6.45, 7) is 5.17. The minimum absolute atomic E-state index is 0. The molecule has 2 atom stereocenters. The van der Waals surface area contributed by atoms with Crippen LogP contribution in [0.1, 0.15) is 38.2 Å². The van der Waals surface area contributed by atoms with Crippen LogP contribution in [-0.4, -0.2) is 49.8 Å². The SMILES string of the molecule is CCC(C)NC(=O)CCNC(=NC)NCC(CO)c1ccccc1.I. The average Bonchev–Trinajstić information content (AvgIpc) is 2.61. The van der Waals surface area contributed by atoms with Gasteiger partial charge in [0.2, 0.25) is 5.91 Å². The summed E-state index contributed by atoms with van der Waals surface area (Å²) in [5.74, 6) is 0.656. The quantitative estimate of drug-likeness (QED) is 0.257. The molecule has 0 aliphatic rings. The summed E-state index contributed by atoms with van der Waals surface area (Å²) in [6, 6.07) is 10.1. The minimum Gasteiger partial charge on any atom is -0.396 e. The lowest BCUT2D eigenvalue weighted by Gasteiger charge is -2.18. The average molecular weight is 462 g/mol. The van der Waals surface area contributed by atoms with Gasteiger partial charge >= 0.3 is 0 Å². The van der Waals surface area contributed by atoms with Crippen LogP contribution in [0.5, 0.6) is 0 Å². The number of nitrogens with one attached hydrogen (secondary N) is 3. The summed E-state index contributed by atoms with van der Waals surface area (Å²) >= 11 is 0. The van der Waals surface area contributed by atoms with Gasteiger partial charge in [0.15, 0.2) is 5.96 Å². The maximum Gasteiger partial charge on any atom is 0.221 e. The summed E-state index contributed by atoms with van der Waals surface area (Å²) in [5.41, 5.74) is 1.08. The molecule has 4 N–H and O–H groups in total. The van der Waals surface area contributed by atoms with Gasteiger partial charge < -0.3 is 21.1 Å². The maximum atomic E-state index is 11.7. The zero-order chi connectivity index (χ0) is 17.8. The molecule has 0 aliphatic carbocycles. The Kier molecular flexibility index (Phi) is 13.1. The number of hydrogen-bond acceptors (Lipinski definition) is 3. The maximum absolute atomic E-state index is 11.7. The second-order valence-corrected chi connectivity index (χ2v) is 5.80. The van der Waals surface area contributed by atoms with Gasteiger partial charge in [-0.05, 0) is 18.9 Å². The van der Waals surface area contributed by atoms with E-state index in [0.717, 1.165) is 12.0 Å². The summed E-state index contributed by atoms with van der Waals surface area (Å²) in [5, 5.41) is 18.8. The van der Waals surface area contributed by atoms with Gasteiger partial charge in [0.1, 0.15) is 0 Å². The van der Waals surface area contributed by atoms with E-state index in [4.69, 9.17) is 0 Å². The number of amides is 1. The van der Waals surface area contributed by atoms with E-state index < -0.39 is 0 Å². The van der Waals surface area contributed by atoms with Crippen LogP contribution in [0, 0.1) is 0 Å². The molecule has 25 heavy (non-hydrogen) atoms. The zero-order valence-corrected chi connectivity index (χ0v) is 17.6. The largest absolute Gasteiger partial charge is 0.396 e. The highest BCUT2D eigenvalue weighted by molar-refractivity contribution is 14.0. The molecule has 1 aromatic carbocycles. The number of aliphatic hydroxyl groups excluding tert-OH is 1. The molecule has 0 bridgehead atoms. The number of carbonyl (C=O) groups is 1. The molecule has 0 radical (unpaired) electrons. The fourth-order valence-corrected chi connectivity index (χ4v) is 2.20. The molecule has 0 heterocycles. The Hall–Kier alpha value is -1.35. The molecule has 0 saturated carbocycles. The van der Waals surface area contributed by atoms with Crippen LogP contribution in [0.2, 0.25) is 0 Å². The highest BCUT2D eigenvalue weighted by Crippen LogP contribution is 2.13. The van der Waals surface area contributed by atoms with Crippen LogP contribution in [0.25, 0.3) is 0 Å². The first-order valence-electron chi connectivity index (χ1n) is 8.50. The van der Waals surface area contributed by atoms with E-state index in [1.807, 2.05) is 44.2 Å². The van der Waals surface area contributed by atoms with Gasteiger partial charge in [0.25, 0.3) is 0 Å². The van der Waals surface area contributed by atoms with Crippen molar-refractivity contribution in [3.63, 3.8) is 0 Å². The molecule has 2 unspecified atom stereocenters. The minimum atomic E-state index is -0.00143. The summed E-state index contributed by atoms with van der Waals surface area (Å²) in [4.78, 5) is 15.9. The Balaban J connectivity index is 0.00000576. The van der Waals surface area contributed by atoms with E-state index in [9.17, 15) is 9.90 Å². The Labute approximate surface area is 167 Å². The highest BCUT2D eigenvalue weighted by Gasteiger charge is 2.11. The van der Waals surface area contributed by atoms with Gasteiger partial charge in [-0.25, -0.2) is 0 Å². The van der Waals surface area contributed by atoms with Crippen molar-refractivity contribution in [1.29, 1.82) is 0 Å². The van der Waals surface area contributed by atoms with Crippen LogP contribution < -0.4 is 16.0 Å². The molecule has 1 rings (SSSR count). The van der Waals surface area contributed by atoms with Crippen LogP contribution in [0.3, 0.4) is 0 Å². The third-order valence-corrected chi connectivity index (χ3v) is 3.90. The second-order valence-electron chi connectivity index (χ2n) is 5.80. The Morgan fingerprint density at radius 2 is 1.92 bits per heavy atom. The molecule has 0 saturated heterocycles. The van der Waals surface area contributed by atoms with E-state index in [1.54, 1.807) is 7.05 Å². The topological polar surface area (TPSA) is 85.8 Å². The van der Waals surface area contributed by atoms with Crippen molar-refractivity contribution in [2.75, 3.05) is 26.7 Å². The first-order chi connectivity index (χ1) is 11.6. The van der Waals surface area contributed by atoms with Gasteiger partial charge in [-0.2, -0.15) is 0 Å². The molecule has 7 heteroatoms. The van der Waals surface area contributed by atoms with Gasteiger partial charge in [0, 0.05) is 38.5 Å². The molecule has 0 spiro atoms. The van der Waals surface area contributed by atoms with Gasteiger partial charge in [-0.15, -0.1) is 24.0 Å². The van der Waals surface area contributed by atoms with Crippen molar-refractivity contribution in [3.8, 4) is 0 Å². The number of benzene rings is 1. The highest BCUT2D eigenvalue weighted by atomic mass is 127. The number of nitrogens with zero attached hydrogens (tertiary/aromatic N) is 1. The second kappa shape index (κ2) is 13.9. The van der Waals surface area contributed by atoms with E-state index in [2.05, 4.69) is 20.9 Å². The number of aliphatic hydroxyl groups is 1. The standard InChI is InChI=1S/C18H30N4O2.HI/c1-4-14(2)22-17(24)10-11-20-18(19-3)21-12-16(13-23)15-8-6-5-7-9-15;/h5-9,14,16,23H,4,10-13H2,1-3H3,(H,22,24)(H2,19,20,21);1H. The Morgan fingerprint density at radius 1 is 1.24 bits per heavy atom. The number of hydrogen-bond donors (Lipinski definition) is 4. The number of halogens is 1. The van der Waals surface area contributed by atoms with E-state index in [0.29, 0.717) is 25.5 Å². The Morgan fingerprint density at radius 3 is 2.48 bits per heavy atom. The van der Waals surface area contributed by atoms with E-state index >= 15 is 0 Å². The zero-order valence-electron chi connectivity index (χ0n) is 15.3. The number of rotatable bonds is 9. The smallest absolute Gasteiger partial charge is 0.221 e. The van der Waals surface area contributed by atoms with E-state index in [-0.39, 0.29) is 48.5 Å². The van der Waals surface area contributed by atoms with Crippen LogP contribution in [0.4, 0.5) is 0 Å². The lowest BCUT2D eigenvalue weighted by Crippen LogP contribution is -2.42. The predicted octanol–water partition coefficient (Wildman–Crippen LogP) is 1.85. The molecule has 0 fully saturated rings. The Bertz CT molecular complexity index is 511. The van der Waals surface area contributed by atoms with Crippen molar-refractivity contribution >= 4 is 35.8 Å².